The summed E-state index contributed by atoms with van der Waals surface area (Å²) in [7, 11) is 1.32. The molecule has 0 spiro atoms. The Morgan fingerprint density at radius 1 is 1.38 bits per heavy atom. The molecule has 0 aliphatic carbocycles. The highest BCUT2D eigenvalue weighted by Gasteiger charge is 2.06. The first kappa shape index (κ1) is 12.2. The van der Waals surface area contributed by atoms with Crippen LogP contribution >= 0.6 is 0 Å². The van der Waals surface area contributed by atoms with Crippen LogP contribution in [-0.4, -0.2) is 25.5 Å². The molecule has 0 saturated heterocycles. The number of amides is 1. The van der Waals surface area contributed by atoms with Gasteiger partial charge in [0.25, 0.3) is 5.91 Å². The molecule has 0 fully saturated rings. The number of aryl methyl sites for hydroxylation is 1. The fourth-order valence-electron chi connectivity index (χ4n) is 1.27. The normalized spacial score (nSPS) is 9.62. The van der Waals surface area contributed by atoms with Crippen LogP contribution in [0.5, 0.6) is 0 Å². The van der Waals surface area contributed by atoms with Gasteiger partial charge in [0, 0.05) is 12.1 Å². The van der Waals surface area contributed by atoms with Crippen molar-refractivity contribution in [3.63, 3.8) is 0 Å². The lowest BCUT2D eigenvalue weighted by Gasteiger charge is -2.04. The maximum Gasteiger partial charge on any atom is 0.307 e. The van der Waals surface area contributed by atoms with Crippen LogP contribution in [0.15, 0.2) is 24.3 Å². The SMILES string of the molecule is COC(=O)CCNC(=O)c1cccc(C)c1. The maximum absolute atomic E-state index is 11.6. The third kappa shape index (κ3) is 3.73. The minimum absolute atomic E-state index is 0.174. The van der Waals surface area contributed by atoms with E-state index >= 15 is 0 Å². The molecule has 1 aromatic carbocycles. The van der Waals surface area contributed by atoms with Gasteiger partial charge in [0.2, 0.25) is 0 Å². The standard InChI is InChI=1S/C12H15NO3/c1-9-4-3-5-10(8-9)12(15)13-7-6-11(14)16-2/h3-5,8H,6-7H2,1-2H3,(H,13,15). The average Bonchev–Trinajstić information content (AvgIpc) is 2.28. The largest absolute Gasteiger partial charge is 0.469 e. The minimum Gasteiger partial charge on any atom is -0.469 e. The van der Waals surface area contributed by atoms with Gasteiger partial charge in [0.1, 0.15) is 0 Å². The van der Waals surface area contributed by atoms with Crippen LogP contribution < -0.4 is 5.32 Å². The van der Waals surface area contributed by atoms with Gasteiger partial charge in [0.05, 0.1) is 13.5 Å². The van der Waals surface area contributed by atoms with Crippen molar-refractivity contribution < 1.29 is 14.3 Å². The molecule has 0 atom stereocenters. The average molecular weight is 221 g/mol. The Bertz CT molecular complexity index is 388. The second kappa shape index (κ2) is 5.90. The van der Waals surface area contributed by atoms with Gasteiger partial charge in [-0.3, -0.25) is 9.59 Å². The summed E-state index contributed by atoms with van der Waals surface area (Å²) in [6.45, 7) is 2.21. The van der Waals surface area contributed by atoms with E-state index in [1.165, 1.54) is 7.11 Å². The van der Waals surface area contributed by atoms with Crippen molar-refractivity contribution in [3.8, 4) is 0 Å². The minimum atomic E-state index is -0.329. The maximum atomic E-state index is 11.6. The lowest BCUT2D eigenvalue weighted by Crippen LogP contribution is -2.26. The third-order valence-electron chi connectivity index (χ3n) is 2.12. The van der Waals surface area contributed by atoms with E-state index < -0.39 is 0 Å². The van der Waals surface area contributed by atoms with Gasteiger partial charge in [-0.2, -0.15) is 0 Å². The number of ether oxygens (including phenoxy) is 1. The summed E-state index contributed by atoms with van der Waals surface area (Å²) in [4.78, 5) is 22.4. The first-order valence-electron chi connectivity index (χ1n) is 5.05. The van der Waals surface area contributed by atoms with Crippen molar-refractivity contribution in [2.45, 2.75) is 13.3 Å². The van der Waals surface area contributed by atoms with Crippen LogP contribution in [0.3, 0.4) is 0 Å². The van der Waals surface area contributed by atoms with Crippen molar-refractivity contribution in [1.82, 2.24) is 5.32 Å². The first-order valence-corrected chi connectivity index (χ1v) is 5.05. The van der Waals surface area contributed by atoms with Gasteiger partial charge >= 0.3 is 5.97 Å². The molecule has 86 valence electrons. The number of hydrogen-bond donors (Lipinski definition) is 1. The molecule has 16 heavy (non-hydrogen) atoms. The number of hydrogen-bond acceptors (Lipinski definition) is 3. The van der Waals surface area contributed by atoms with Crippen LogP contribution in [-0.2, 0) is 9.53 Å². The molecule has 0 aromatic heterocycles. The summed E-state index contributed by atoms with van der Waals surface area (Å²) in [6.07, 6.45) is 0.189. The van der Waals surface area contributed by atoms with E-state index in [0.29, 0.717) is 12.1 Å². The third-order valence-corrected chi connectivity index (χ3v) is 2.12. The molecule has 0 heterocycles. The molecule has 1 amide bonds. The van der Waals surface area contributed by atoms with Crippen LogP contribution in [0.25, 0.3) is 0 Å². The Morgan fingerprint density at radius 3 is 2.75 bits per heavy atom. The predicted octanol–water partition coefficient (Wildman–Crippen LogP) is 1.29. The second-order valence-electron chi connectivity index (χ2n) is 3.45. The molecular formula is C12H15NO3. The zero-order chi connectivity index (χ0) is 12.0. The highest BCUT2D eigenvalue weighted by atomic mass is 16.5. The van der Waals surface area contributed by atoms with Crippen LogP contribution in [0.1, 0.15) is 22.3 Å². The van der Waals surface area contributed by atoms with Crippen molar-refractivity contribution in [2.24, 2.45) is 0 Å². The zero-order valence-electron chi connectivity index (χ0n) is 9.45. The number of esters is 1. The van der Waals surface area contributed by atoms with Gasteiger partial charge in [-0.25, -0.2) is 0 Å². The molecule has 1 rings (SSSR count). The van der Waals surface area contributed by atoms with Gasteiger partial charge < -0.3 is 10.1 Å². The smallest absolute Gasteiger partial charge is 0.307 e. The predicted molar refractivity (Wildman–Crippen MR) is 60.1 cm³/mol. The Labute approximate surface area is 94.6 Å². The van der Waals surface area contributed by atoms with Gasteiger partial charge in [-0.1, -0.05) is 17.7 Å². The Morgan fingerprint density at radius 2 is 2.12 bits per heavy atom. The van der Waals surface area contributed by atoms with Crippen molar-refractivity contribution >= 4 is 11.9 Å². The fraction of sp³-hybridized carbons (Fsp3) is 0.333. The number of methoxy groups -OCH3 is 1. The summed E-state index contributed by atoms with van der Waals surface area (Å²) < 4.78 is 4.47. The highest BCUT2D eigenvalue weighted by Crippen LogP contribution is 2.03. The van der Waals surface area contributed by atoms with Gasteiger partial charge in [-0.05, 0) is 19.1 Å². The monoisotopic (exact) mass is 221 g/mol. The number of benzene rings is 1. The Balaban J connectivity index is 2.44. The van der Waals surface area contributed by atoms with Crippen LogP contribution in [0.2, 0.25) is 0 Å². The Kier molecular flexibility index (Phi) is 4.51. The molecule has 4 nitrogen and oxygen atoms in total. The van der Waals surface area contributed by atoms with Gasteiger partial charge in [0.15, 0.2) is 0 Å². The quantitative estimate of drug-likeness (QED) is 0.779. The van der Waals surface area contributed by atoms with E-state index in [1.807, 2.05) is 19.1 Å². The molecule has 0 aliphatic heterocycles. The van der Waals surface area contributed by atoms with Crippen molar-refractivity contribution in [3.05, 3.63) is 35.4 Å². The number of carbonyl (C=O) groups is 2. The lowest BCUT2D eigenvalue weighted by molar-refractivity contribution is -0.140. The lowest BCUT2D eigenvalue weighted by atomic mass is 10.1. The number of rotatable bonds is 4. The van der Waals surface area contributed by atoms with E-state index in [-0.39, 0.29) is 18.3 Å². The molecule has 4 heteroatoms. The molecule has 0 radical (unpaired) electrons. The molecule has 1 aromatic rings. The van der Waals surface area contributed by atoms with E-state index in [1.54, 1.807) is 12.1 Å². The van der Waals surface area contributed by atoms with E-state index in [0.717, 1.165) is 5.56 Å². The van der Waals surface area contributed by atoms with Crippen LogP contribution in [0.4, 0.5) is 0 Å². The van der Waals surface area contributed by atoms with E-state index in [2.05, 4.69) is 10.1 Å². The number of carbonyl (C=O) groups excluding carboxylic acids is 2. The molecule has 1 N–H and O–H groups in total. The van der Waals surface area contributed by atoms with Crippen molar-refractivity contribution in [2.75, 3.05) is 13.7 Å². The van der Waals surface area contributed by atoms with Crippen LogP contribution in [0, 0.1) is 6.92 Å². The molecular weight excluding hydrogens is 206 g/mol. The summed E-state index contributed by atoms with van der Waals surface area (Å²) in [6, 6.07) is 7.28. The first-order chi connectivity index (χ1) is 7.63. The molecule has 0 bridgehead atoms. The van der Waals surface area contributed by atoms with E-state index in [9.17, 15) is 9.59 Å². The Hall–Kier alpha value is -1.84. The second-order valence-corrected chi connectivity index (χ2v) is 3.45. The highest BCUT2D eigenvalue weighted by molar-refractivity contribution is 5.94. The van der Waals surface area contributed by atoms with Crippen molar-refractivity contribution in [1.29, 1.82) is 0 Å². The summed E-state index contributed by atoms with van der Waals surface area (Å²) in [5.41, 5.74) is 1.63. The van der Waals surface area contributed by atoms with Gasteiger partial charge in [-0.15, -0.1) is 0 Å². The fourth-order valence-corrected chi connectivity index (χ4v) is 1.27. The van der Waals surface area contributed by atoms with E-state index in [4.69, 9.17) is 0 Å². The molecule has 0 unspecified atom stereocenters. The zero-order valence-corrected chi connectivity index (χ0v) is 9.45. The summed E-state index contributed by atoms with van der Waals surface area (Å²) in [5.74, 6) is -0.503. The molecule has 0 aliphatic rings. The number of nitrogens with one attached hydrogen (secondary N) is 1. The summed E-state index contributed by atoms with van der Waals surface area (Å²) in [5, 5.41) is 2.65. The topological polar surface area (TPSA) is 55.4 Å². The molecule has 0 saturated carbocycles. The summed E-state index contributed by atoms with van der Waals surface area (Å²) >= 11 is 0.